The molecule has 5 nitrogen and oxygen atoms in total. The minimum Gasteiger partial charge on any atom is -0.283 e. The molecule has 4 aromatic rings. The van der Waals surface area contributed by atoms with E-state index in [2.05, 4.69) is 4.98 Å². The molecule has 9 heteroatoms. The number of anilines is 1. The molecule has 0 unspecified atom stereocenters. The molecule has 0 aliphatic carbocycles. The second-order valence-electron chi connectivity index (χ2n) is 6.76. The summed E-state index contributed by atoms with van der Waals surface area (Å²) >= 11 is 1.10. The van der Waals surface area contributed by atoms with Gasteiger partial charge in [-0.05, 0) is 42.0 Å². The molecule has 0 saturated carbocycles. The third-order valence-corrected chi connectivity index (χ3v) is 7.22. The first-order valence-corrected chi connectivity index (χ1v) is 11.7. The van der Waals surface area contributed by atoms with Crippen molar-refractivity contribution >= 4 is 42.4 Å². The second-order valence-corrected chi connectivity index (χ2v) is 9.76. The van der Waals surface area contributed by atoms with Crippen LogP contribution in [0.25, 0.3) is 10.2 Å². The number of carbonyl (C=O) groups is 1. The van der Waals surface area contributed by atoms with Crippen LogP contribution in [-0.2, 0) is 21.2 Å². The normalized spacial score (nSPS) is 11.5. The SMILES string of the molecule is O=C(CS(=O)(=O)c1ccc(F)cc1)N(Cc1ccccc1)c1nc2c(F)cccc2s1. The molecule has 0 aliphatic heterocycles. The van der Waals surface area contributed by atoms with Crippen LogP contribution >= 0.6 is 11.3 Å². The molecule has 0 aliphatic rings. The van der Waals surface area contributed by atoms with E-state index in [1.54, 1.807) is 36.4 Å². The summed E-state index contributed by atoms with van der Waals surface area (Å²) in [5.74, 6) is -2.64. The summed E-state index contributed by atoms with van der Waals surface area (Å²) in [6.45, 7) is 0.0695. The van der Waals surface area contributed by atoms with Crippen molar-refractivity contribution in [3.63, 3.8) is 0 Å². The third-order valence-electron chi connectivity index (χ3n) is 4.56. The Morgan fingerprint density at radius 2 is 1.65 bits per heavy atom. The summed E-state index contributed by atoms with van der Waals surface area (Å²) in [4.78, 5) is 18.4. The Balaban J connectivity index is 1.70. The molecular weight excluding hydrogens is 442 g/mol. The van der Waals surface area contributed by atoms with Crippen LogP contribution in [-0.4, -0.2) is 25.1 Å². The molecule has 0 radical (unpaired) electrons. The van der Waals surface area contributed by atoms with Gasteiger partial charge in [-0.1, -0.05) is 47.7 Å². The van der Waals surface area contributed by atoms with Crippen LogP contribution in [0.2, 0.25) is 0 Å². The van der Waals surface area contributed by atoms with Gasteiger partial charge in [0, 0.05) is 0 Å². The number of rotatable bonds is 6. The number of hydrogen-bond acceptors (Lipinski definition) is 5. The number of thiazole rings is 1. The minimum absolute atomic E-state index is 0.0695. The minimum atomic E-state index is -4.01. The van der Waals surface area contributed by atoms with Crippen LogP contribution in [0.5, 0.6) is 0 Å². The fourth-order valence-electron chi connectivity index (χ4n) is 3.01. The lowest BCUT2D eigenvalue weighted by Gasteiger charge is -2.20. The number of fused-ring (bicyclic) bond motifs is 1. The van der Waals surface area contributed by atoms with Crippen LogP contribution in [0.15, 0.2) is 77.7 Å². The Morgan fingerprint density at radius 1 is 0.935 bits per heavy atom. The zero-order valence-corrected chi connectivity index (χ0v) is 17.7. The Morgan fingerprint density at radius 3 is 2.32 bits per heavy atom. The van der Waals surface area contributed by atoms with Crippen molar-refractivity contribution in [2.24, 2.45) is 0 Å². The van der Waals surface area contributed by atoms with Crippen molar-refractivity contribution in [1.29, 1.82) is 0 Å². The standard InChI is InChI=1S/C22H16F2N2O3S2/c23-16-9-11-17(12-10-16)31(28,29)14-20(27)26(13-15-5-2-1-3-6-15)22-25-21-18(24)7-4-8-19(21)30-22/h1-12H,13-14H2. The number of carbonyl (C=O) groups excluding carboxylic acids is 1. The number of halogens is 2. The highest BCUT2D eigenvalue weighted by atomic mass is 32.2. The van der Waals surface area contributed by atoms with Gasteiger partial charge in [0.25, 0.3) is 0 Å². The van der Waals surface area contributed by atoms with Crippen molar-refractivity contribution in [3.05, 3.63) is 90.0 Å². The van der Waals surface area contributed by atoms with Crippen LogP contribution in [0, 0.1) is 11.6 Å². The zero-order valence-electron chi connectivity index (χ0n) is 16.0. The van der Waals surface area contributed by atoms with Gasteiger partial charge < -0.3 is 0 Å². The van der Waals surface area contributed by atoms with Crippen molar-refractivity contribution in [3.8, 4) is 0 Å². The van der Waals surface area contributed by atoms with Gasteiger partial charge in [0.2, 0.25) is 5.91 Å². The van der Waals surface area contributed by atoms with Crippen molar-refractivity contribution < 1.29 is 22.0 Å². The van der Waals surface area contributed by atoms with E-state index < -0.39 is 33.1 Å². The highest BCUT2D eigenvalue weighted by molar-refractivity contribution is 7.92. The van der Waals surface area contributed by atoms with E-state index in [-0.39, 0.29) is 22.1 Å². The molecule has 1 aromatic heterocycles. The molecule has 3 aromatic carbocycles. The number of hydrogen-bond donors (Lipinski definition) is 0. The molecule has 4 rings (SSSR count). The molecule has 1 heterocycles. The van der Waals surface area contributed by atoms with Gasteiger partial charge in [-0.25, -0.2) is 22.2 Å². The van der Waals surface area contributed by atoms with E-state index in [9.17, 15) is 22.0 Å². The number of para-hydroxylation sites is 1. The molecule has 0 saturated heterocycles. The smallest absolute Gasteiger partial charge is 0.244 e. The largest absolute Gasteiger partial charge is 0.283 e. The van der Waals surface area contributed by atoms with E-state index in [1.165, 1.54) is 11.0 Å². The van der Waals surface area contributed by atoms with Gasteiger partial charge in [-0.2, -0.15) is 0 Å². The topological polar surface area (TPSA) is 67.3 Å². The van der Waals surface area contributed by atoms with Crippen molar-refractivity contribution in [1.82, 2.24) is 4.98 Å². The fourth-order valence-corrected chi connectivity index (χ4v) is 5.21. The third kappa shape index (κ3) is 4.62. The summed E-state index contributed by atoms with van der Waals surface area (Å²) in [5, 5.41) is 0.197. The monoisotopic (exact) mass is 458 g/mol. The van der Waals surface area contributed by atoms with Crippen molar-refractivity contribution in [2.45, 2.75) is 11.4 Å². The van der Waals surface area contributed by atoms with Gasteiger partial charge in [-0.3, -0.25) is 9.69 Å². The van der Waals surface area contributed by atoms with Crippen LogP contribution < -0.4 is 4.90 Å². The Hall–Kier alpha value is -3.17. The quantitative estimate of drug-likeness (QED) is 0.397. The molecule has 0 spiro atoms. The first-order valence-electron chi connectivity index (χ1n) is 9.21. The molecule has 0 atom stereocenters. The summed E-state index contributed by atoms with van der Waals surface area (Å²) in [6.07, 6.45) is 0. The van der Waals surface area contributed by atoms with E-state index in [0.717, 1.165) is 41.2 Å². The first-order chi connectivity index (χ1) is 14.8. The van der Waals surface area contributed by atoms with E-state index in [4.69, 9.17) is 0 Å². The molecule has 0 N–H and O–H groups in total. The summed E-state index contributed by atoms with van der Waals surface area (Å²) < 4.78 is 53.3. The van der Waals surface area contributed by atoms with Gasteiger partial charge in [0.05, 0.1) is 16.1 Å². The number of benzene rings is 3. The zero-order chi connectivity index (χ0) is 22.0. The first kappa shape index (κ1) is 21.1. The van der Waals surface area contributed by atoms with Gasteiger partial charge in [-0.15, -0.1) is 0 Å². The molecular formula is C22H16F2N2O3S2. The number of aromatic nitrogens is 1. The molecule has 31 heavy (non-hydrogen) atoms. The van der Waals surface area contributed by atoms with E-state index in [0.29, 0.717) is 4.70 Å². The number of sulfone groups is 1. The highest BCUT2D eigenvalue weighted by Gasteiger charge is 2.27. The van der Waals surface area contributed by atoms with Gasteiger partial charge in [0.15, 0.2) is 15.0 Å². The summed E-state index contributed by atoms with van der Waals surface area (Å²) in [6, 6.07) is 17.8. The highest BCUT2D eigenvalue weighted by Crippen LogP contribution is 2.31. The maximum Gasteiger partial charge on any atom is 0.244 e. The Labute approximate surface area is 181 Å². The second kappa shape index (κ2) is 8.52. The molecule has 0 fully saturated rings. The Bertz CT molecular complexity index is 1340. The predicted octanol–water partition coefficient (Wildman–Crippen LogP) is 4.58. The van der Waals surface area contributed by atoms with Gasteiger partial charge in [0.1, 0.15) is 22.9 Å². The van der Waals surface area contributed by atoms with Crippen LogP contribution in [0.1, 0.15) is 5.56 Å². The lowest BCUT2D eigenvalue weighted by atomic mass is 10.2. The van der Waals surface area contributed by atoms with Crippen LogP contribution in [0.4, 0.5) is 13.9 Å². The van der Waals surface area contributed by atoms with Crippen molar-refractivity contribution in [2.75, 3.05) is 10.7 Å². The van der Waals surface area contributed by atoms with E-state index in [1.807, 2.05) is 6.07 Å². The summed E-state index contributed by atoms with van der Waals surface area (Å²) in [5.41, 5.74) is 0.879. The number of nitrogens with zero attached hydrogens (tertiary/aromatic N) is 2. The summed E-state index contributed by atoms with van der Waals surface area (Å²) in [7, 11) is -4.01. The fraction of sp³-hybridized carbons (Fsp3) is 0.0909. The number of amides is 1. The lowest BCUT2D eigenvalue weighted by molar-refractivity contribution is -0.116. The van der Waals surface area contributed by atoms with Crippen LogP contribution in [0.3, 0.4) is 0 Å². The average Bonchev–Trinajstić information content (AvgIpc) is 3.18. The maximum absolute atomic E-state index is 14.1. The maximum atomic E-state index is 14.1. The molecule has 0 bridgehead atoms. The van der Waals surface area contributed by atoms with E-state index >= 15 is 0 Å². The molecule has 158 valence electrons. The molecule has 1 amide bonds. The predicted molar refractivity (Wildman–Crippen MR) is 116 cm³/mol. The lowest BCUT2D eigenvalue weighted by Crippen LogP contribution is -2.35. The van der Waals surface area contributed by atoms with Gasteiger partial charge >= 0.3 is 0 Å². The average molecular weight is 459 g/mol. The Kier molecular flexibility index (Phi) is 5.79.